The van der Waals surface area contributed by atoms with E-state index < -0.39 is 0 Å². The van der Waals surface area contributed by atoms with Crippen LogP contribution >= 0.6 is 24.8 Å². The lowest BCUT2D eigenvalue weighted by atomic mass is 10.0. The molecule has 2 rings (SSSR count). The third-order valence-corrected chi connectivity index (χ3v) is 3.47. The largest absolute Gasteiger partial charge is 0.338 e. The Bertz CT molecular complexity index is 438. The summed E-state index contributed by atoms with van der Waals surface area (Å²) in [5.74, 6) is 1.23. The molecule has 0 saturated carbocycles. The summed E-state index contributed by atoms with van der Waals surface area (Å²) >= 11 is 0. The van der Waals surface area contributed by atoms with Crippen molar-refractivity contribution in [2.24, 2.45) is 11.7 Å². The molecule has 1 fully saturated rings. The van der Waals surface area contributed by atoms with Gasteiger partial charge in [0.1, 0.15) is 0 Å². The standard InChI is InChI=1S/C14H23N5O.2ClH/c1-11(2)10-12(15)13(20)18-6-8-19(9-7-18)14-16-4-3-5-17-14;;/h3-5,11-12H,6-10,15H2,1-2H3;2*1H/t12-;;/m0../s1. The van der Waals surface area contributed by atoms with Gasteiger partial charge in [0, 0.05) is 38.6 Å². The van der Waals surface area contributed by atoms with Gasteiger partial charge in [-0.3, -0.25) is 4.79 Å². The Morgan fingerprint density at radius 3 is 2.23 bits per heavy atom. The Hall–Kier alpha value is -1.11. The highest BCUT2D eigenvalue weighted by atomic mass is 35.5. The average molecular weight is 350 g/mol. The highest BCUT2D eigenvalue weighted by Crippen LogP contribution is 2.12. The molecule has 8 heteroatoms. The highest BCUT2D eigenvalue weighted by Gasteiger charge is 2.26. The number of hydrogen-bond acceptors (Lipinski definition) is 5. The fourth-order valence-corrected chi connectivity index (χ4v) is 2.42. The summed E-state index contributed by atoms with van der Waals surface area (Å²) in [5.41, 5.74) is 5.97. The van der Waals surface area contributed by atoms with Crippen molar-refractivity contribution in [1.82, 2.24) is 14.9 Å². The second-order valence-electron chi connectivity index (χ2n) is 5.60. The molecular formula is C14H25Cl2N5O. The number of piperazine rings is 1. The summed E-state index contributed by atoms with van der Waals surface area (Å²) < 4.78 is 0. The van der Waals surface area contributed by atoms with Gasteiger partial charge in [-0.2, -0.15) is 0 Å². The molecule has 1 amide bonds. The lowest BCUT2D eigenvalue weighted by molar-refractivity contribution is -0.133. The van der Waals surface area contributed by atoms with E-state index >= 15 is 0 Å². The number of nitrogens with two attached hydrogens (primary N) is 1. The van der Waals surface area contributed by atoms with Crippen LogP contribution in [-0.4, -0.2) is 53.0 Å². The highest BCUT2D eigenvalue weighted by molar-refractivity contribution is 5.85. The van der Waals surface area contributed by atoms with E-state index in [0.29, 0.717) is 19.0 Å². The molecule has 1 aliphatic rings. The minimum absolute atomic E-state index is 0. The molecule has 1 saturated heterocycles. The minimum atomic E-state index is -0.380. The maximum atomic E-state index is 12.2. The monoisotopic (exact) mass is 349 g/mol. The van der Waals surface area contributed by atoms with Crippen molar-refractivity contribution >= 4 is 36.7 Å². The van der Waals surface area contributed by atoms with Crippen LogP contribution in [0.3, 0.4) is 0 Å². The third kappa shape index (κ3) is 5.59. The molecule has 126 valence electrons. The fourth-order valence-electron chi connectivity index (χ4n) is 2.42. The first-order chi connectivity index (χ1) is 9.58. The van der Waals surface area contributed by atoms with Crippen molar-refractivity contribution < 1.29 is 4.79 Å². The van der Waals surface area contributed by atoms with Crippen LogP contribution < -0.4 is 10.6 Å². The lowest BCUT2D eigenvalue weighted by Crippen LogP contribution is -2.53. The zero-order chi connectivity index (χ0) is 14.5. The number of anilines is 1. The number of nitrogens with zero attached hydrogens (tertiary/aromatic N) is 4. The molecule has 0 aromatic carbocycles. The summed E-state index contributed by atoms with van der Waals surface area (Å²) in [6.07, 6.45) is 4.21. The first-order valence-corrected chi connectivity index (χ1v) is 7.14. The Labute approximate surface area is 144 Å². The fraction of sp³-hybridized carbons (Fsp3) is 0.643. The summed E-state index contributed by atoms with van der Waals surface area (Å²) in [6, 6.07) is 1.42. The van der Waals surface area contributed by atoms with Gasteiger partial charge in [0.2, 0.25) is 11.9 Å². The van der Waals surface area contributed by atoms with Gasteiger partial charge in [-0.05, 0) is 18.4 Å². The molecule has 1 atom stereocenters. The summed E-state index contributed by atoms with van der Waals surface area (Å²) in [5, 5.41) is 0. The van der Waals surface area contributed by atoms with Crippen LogP contribution in [0.4, 0.5) is 5.95 Å². The molecule has 6 nitrogen and oxygen atoms in total. The predicted molar refractivity (Wildman–Crippen MR) is 92.8 cm³/mol. The molecule has 1 aromatic heterocycles. The number of rotatable bonds is 4. The van der Waals surface area contributed by atoms with Gasteiger partial charge in [0.25, 0.3) is 0 Å². The summed E-state index contributed by atoms with van der Waals surface area (Å²) in [7, 11) is 0. The molecule has 1 aromatic rings. The van der Waals surface area contributed by atoms with Gasteiger partial charge in [-0.1, -0.05) is 13.8 Å². The number of carbonyl (C=O) groups is 1. The number of carbonyl (C=O) groups excluding carboxylic acids is 1. The van der Waals surface area contributed by atoms with E-state index in [2.05, 4.69) is 28.7 Å². The molecule has 0 aliphatic carbocycles. The molecule has 0 radical (unpaired) electrons. The second-order valence-corrected chi connectivity index (χ2v) is 5.60. The van der Waals surface area contributed by atoms with Crippen molar-refractivity contribution in [1.29, 1.82) is 0 Å². The van der Waals surface area contributed by atoms with E-state index in [-0.39, 0.29) is 36.8 Å². The topological polar surface area (TPSA) is 75.4 Å². The van der Waals surface area contributed by atoms with Crippen LogP contribution in [-0.2, 0) is 4.79 Å². The summed E-state index contributed by atoms with van der Waals surface area (Å²) in [6.45, 7) is 7.04. The molecule has 2 N–H and O–H groups in total. The van der Waals surface area contributed by atoms with Crippen LogP contribution in [0.15, 0.2) is 18.5 Å². The van der Waals surface area contributed by atoms with Crippen LogP contribution in [0.5, 0.6) is 0 Å². The molecule has 22 heavy (non-hydrogen) atoms. The van der Waals surface area contributed by atoms with Gasteiger partial charge < -0.3 is 15.5 Å². The normalized spacial score (nSPS) is 15.8. The van der Waals surface area contributed by atoms with E-state index in [1.54, 1.807) is 18.5 Å². The zero-order valence-electron chi connectivity index (χ0n) is 13.0. The first-order valence-electron chi connectivity index (χ1n) is 7.14. The van der Waals surface area contributed by atoms with Crippen molar-refractivity contribution in [2.45, 2.75) is 26.3 Å². The summed E-state index contributed by atoms with van der Waals surface area (Å²) in [4.78, 5) is 24.6. The molecule has 0 spiro atoms. The van der Waals surface area contributed by atoms with Gasteiger partial charge >= 0.3 is 0 Å². The SMILES string of the molecule is CC(C)C[C@H](N)C(=O)N1CCN(c2ncccn2)CC1.Cl.Cl. The Morgan fingerprint density at radius 2 is 1.73 bits per heavy atom. The zero-order valence-corrected chi connectivity index (χ0v) is 14.6. The third-order valence-electron chi connectivity index (χ3n) is 3.47. The van der Waals surface area contributed by atoms with Crippen molar-refractivity contribution in [3.05, 3.63) is 18.5 Å². The predicted octanol–water partition coefficient (Wildman–Crippen LogP) is 1.34. The van der Waals surface area contributed by atoms with Crippen molar-refractivity contribution in [2.75, 3.05) is 31.1 Å². The van der Waals surface area contributed by atoms with E-state index in [9.17, 15) is 4.79 Å². The maximum Gasteiger partial charge on any atom is 0.239 e. The van der Waals surface area contributed by atoms with Gasteiger partial charge in [-0.25, -0.2) is 9.97 Å². The Kier molecular flexibility index (Phi) is 9.32. The van der Waals surface area contributed by atoms with Crippen molar-refractivity contribution in [3.63, 3.8) is 0 Å². The Morgan fingerprint density at radius 1 is 1.18 bits per heavy atom. The van der Waals surface area contributed by atoms with E-state index in [4.69, 9.17) is 5.73 Å². The second kappa shape index (κ2) is 9.82. The van der Waals surface area contributed by atoms with Crippen molar-refractivity contribution in [3.8, 4) is 0 Å². The smallest absolute Gasteiger partial charge is 0.239 e. The number of aromatic nitrogens is 2. The van der Waals surface area contributed by atoms with Gasteiger partial charge in [-0.15, -0.1) is 24.8 Å². The molecule has 0 unspecified atom stereocenters. The van der Waals surface area contributed by atoms with Crippen LogP contribution in [0.25, 0.3) is 0 Å². The maximum absolute atomic E-state index is 12.2. The minimum Gasteiger partial charge on any atom is -0.338 e. The average Bonchev–Trinajstić information content (AvgIpc) is 2.47. The molecule has 1 aliphatic heterocycles. The first kappa shape index (κ1) is 20.9. The number of halogens is 2. The van der Waals surface area contributed by atoms with Crippen LogP contribution in [0, 0.1) is 5.92 Å². The number of amides is 1. The van der Waals surface area contributed by atoms with E-state index in [1.165, 1.54) is 0 Å². The lowest BCUT2D eigenvalue weighted by Gasteiger charge is -2.36. The Balaban J connectivity index is 0.00000220. The van der Waals surface area contributed by atoms with E-state index in [1.807, 2.05) is 4.90 Å². The van der Waals surface area contributed by atoms with Gasteiger partial charge in [0.05, 0.1) is 6.04 Å². The van der Waals surface area contributed by atoms with Gasteiger partial charge in [0.15, 0.2) is 0 Å². The van der Waals surface area contributed by atoms with E-state index in [0.717, 1.165) is 25.5 Å². The quantitative estimate of drug-likeness (QED) is 0.887. The molecule has 0 bridgehead atoms. The van der Waals surface area contributed by atoms with Crippen LogP contribution in [0.1, 0.15) is 20.3 Å². The molecule has 2 heterocycles. The molecular weight excluding hydrogens is 325 g/mol. The number of hydrogen-bond donors (Lipinski definition) is 1. The van der Waals surface area contributed by atoms with Crippen LogP contribution in [0.2, 0.25) is 0 Å².